The number of nitrogen functional groups attached to an aromatic ring is 1. The normalized spacial score (nSPS) is 10.1. The Labute approximate surface area is 86.4 Å². The van der Waals surface area contributed by atoms with Crippen LogP contribution in [0.25, 0.3) is 10.3 Å². The van der Waals surface area contributed by atoms with Gasteiger partial charge >= 0.3 is 0 Å². The van der Waals surface area contributed by atoms with Gasteiger partial charge in [-0.1, -0.05) is 18.8 Å². The van der Waals surface area contributed by atoms with Crippen LogP contribution in [0.5, 0.6) is 0 Å². The summed E-state index contributed by atoms with van der Waals surface area (Å²) in [6.07, 6.45) is 1.56. The monoisotopic (exact) mass is 211 g/mol. The minimum absolute atomic E-state index is 0. The van der Waals surface area contributed by atoms with Crippen LogP contribution in [0.2, 0.25) is 0 Å². The van der Waals surface area contributed by atoms with Crippen LogP contribution in [-0.4, -0.2) is 15.1 Å². The van der Waals surface area contributed by atoms with Gasteiger partial charge in [0.25, 0.3) is 0 Å². The molecule has 0 unspecified atom stereocenters. The number of thiazole rings is 1. The lowest BCUT2D eigenvalue weighted by Crippen LogP contribution is -1.96. The molecule has 0 radical (unpaired) electrons. The maximum atomic E-state index is 9.08. The standard InChI is InChI=1S/C8H9N3OS.CH4/c1-4-11-7-5(3-12)6(9)2-10-8(7)13-4;/h2,12H,3,9H2,1H3;1H4. The number of aryl methyl sites for hydroxylation is 1. The zero-order valence-electron chi connectivity index (χ0n) is 7.11. The maximum Gasteiger partial charge on any atom is 0.143 e. The Morgan fingerprint density at radius 3 is 2.93 bits per heavy atom. The van der Waals surface area contributed by atoms with Crippen molar-refractivity contribution in [1.29, 1.82) is 0 Å². The first-order chi connectivity index (χ1) is 6.22. The van der Waals surface area contributed by atoms with E-state index in [0.717, 1.165) is 15.4 Å². The van der Waals surface area contributed by atoms with Crippen LogP contribution in [0.15, 0.2) is 6.20 Å². The van der Waals surface area contributed by atoms with Crippen LogP contribution in [0.1, 0.15) is 18.0 Å². The Kier molecular flexibility index (Phi) is 3.03. The number of pyridine rings is 1. The number of aliphatic hydroxyl groups excluding tert-OH is 1. The Balaban J connectivity index is 0.000000980. The lowest BCUT2D eigenvalue weighted by atomic mass is 10.2. The molecule has 2 aromatic rings. The fourth-order valence-electron chi connectivity index (χ4n) is 1.21. The van der Waals surface area contributed by atoms with Crippen LogP contribution in [0.3, 0.4) is 0 Å². The molecule has 4 nitrogen and oxygen atoms in total. The van der Waals surface area contributed by atoms with Gasteiger partial charge in [-0.05, 0) is 6.92 Å². The average molecular weight is 211 g/mol. The topological polar surface area (TPSA) is 72.0 Å². The van der Waals surface area contributed by atoms with Crippen molar-refractivity contribution >= 4 is 27.4 Å². The maximum absolute atomic E-state index is 9.08. The highest BCUT2D eigenvalue weighted by molar-refractivity contribution is 7.18. The van der Waals surface area contributed by atoms with Gasteiger partial charge in [0, 0.05) is 5.56 Å². The van der Waals surface area contributed by atoms with Crippen molar-refractivity contribution in [2.24, 2.45) is 0 Å². The van der Waals surface area contributed by atoms with Crippen molar-refractivity contribution in [2.45, 2.75) is 21.0 Å². The van der Waals surface area contributed by atoms with E-state index in [1.165, 1.54) is 11.3 Å². The van der Waals surface area contributed by atoms with E-state index in [2.05, 4.69) is 9.97 Å². The number of anilines is 1. The van der Waals surface area contributed by atoms with Gasteiger partial charge in [-0.25, -0.2) is 9.97 Å². The highest BCUT2D eigenvalue weighted by Crippen LogP contribution is 2.25. The van der Waals surface area contributed by atoms with Crippen molar-refractivity contribution in [3.63, 3.8) is 0 Å². The molecular formula is C9H13N3OS. The van der Waals surface area contributed by atoms with E-state index in [9.17, 15) is 0 Å². The lowest BCUT2D eigenvalue weighted by Gasteiger charge is -2.00. The van der Waals surface area contributed by atoms with Crippen molar-refractivity contribution in [3.8, 4) is 0 Å². The van der Waals surface area contributed by atoms with Gasteiger partial charge in [0.2, 0.25) is 0 Å². The molecule has 2 aromatic heterocycles. The van der Waals surface area contributed by atoms with Crippen molar-refractivity contribution in [1.82, 2.24) is 9.97 Å². The number of aliphatic hydroxyl groups is 1. The fraction of sp³-hybridized carbons (Fsp3) is 0.333. The second-order valence-corrected chi connectivity index (χ2v) is 3.92. The SMILES string of the molecule is C.Cc1nc2c(CO)c(N)cnc2s1. The fourth-order valence-corrected chi connectivity index (χ4v) is 2.00. The summed E-state index contributed by atoms with van der Waals surface area (Å²) in [4.78, 5) is 9.22. The van der Waals surface area contributed by atoms with Gasteiger partial charge < -0.3 is 10.8 Å². The van der Waals surface area contributed by atoms with Gasteiger partial charge in [-0.3, -0.25) is 0 Å². The van der Waals surface area contributed by atoms with E-state index in [-0.39, 0.29) is 14.0 Å². The van der Waals surface area contributed by atoms with Gasteiger partial charge in [-0.2, -0.15) is 0 Å². The zero-order valence-corrected chi connectivity index (χ0v) is 7.93. The zero-order chi connectivity index (χ0) is 9.42. The summed E-state index contributed by atoms with van der Waals surface area (Å²) in [5, 5.41) is 10.0. The lowest BCUT2D eigenvalue weighted by molar-refractivity contribution is 0.284. The molecule has 0 atom stereocenters. The third-order valence-corrected chi connectivity index (χ3v) is 2.71. The molecule has 0 saturated heterocycles. The van der Waals surface area contributed by atoms with E-state index in [0.29, 0.717) is 11.3 Å². The summed E-state index contributed by atoms with van der Waals surface area (Å²) in [5.74, 6) is 0. The molecule has 0 saturated carbocycles. The number of nitrogens with zero attached hydrogens (tertiary/aromatic N) is 2. The Morgan fingerprint density at radius 1 is 1.57 bits per heavy atom. The summed E-state index contributed by atoms with van der Waals surface area (Å²) >= 11 is 1.50. The van der Waals surface area contributed by atoms with Gasteiger partial charge in [0.05, 0.1) is 23.5 Å². The van der Waals surface area contributed by atoms with Crippen molar-refractivity contribution < 1.29 is 5.11 Å². The van der Waals surface area contributed by atoms with Gasteiger partial charge in [0.1, 0.15) is 10.3 Å². The minimum atomic E-state index is -0.0893. The van der Waals surface area contributed by atoms with E-state index >= 15 is 0 Å². The predicted molar refractivity (Wildman–Crippen MR) is 59.2 cm³/mol. The Bertz CT molecular complexity index is 452. The summed E-state index contributed by atoms with van der Waals surface area (Å²) in [7, 11) is 0. The molecule has 3 N–H and O–H groups in total. The predicted octanol–water partition coefficient (Wildman–Crippen LogP) is 1.71. The molecule has 2 heterocycles. The summed E-state index contributed by atoms with van der Waals surface area (Å²) in [6, 6.07) is 0. The van der Waals surface area contributed by atoms with E-state index in [1.54, 1.807) is 6.20 Å². The number of aromatic nitrogens is 2. The van der Waals surface area contributed by atoms with Crippen LogP contribution in [0, 0.1) is 6.92 Å². The third-order valence-electron chi connectivity index (χ3n) is 1.83. The molecule has 2 rings (SSSR count). The molecule has 0 bridgehead atoms. The van der Waals surface area contributed by atoms with E-state index in [1.807, 2.05) is 6.92 Å². The van der Waals surface area contributed by atoms with E-state index in [4.69, 9.17) is 10.8 Å². The molecular weight excluding hydrogens is 198 g/mol. The molecule has 0 aliphatic heterocycles. The summed E-state index contributed by atoms with van der Waals surface area (Å²) < 4.78 is 0. The number of hydrogen-bond donors (Lipinski definition) is 2. The molecule has 0 aromatic carbocycles. The molecule has 0 aliphatic carbocycles. The number of nitrogens with two attached hydrogens (primary N) is 1. The van der Waals surface area contributed by atoms with Crippen LogP contribution in [0.4, 0.5) is 5.69 Å². The number of hydrogen-bond acceptors (Lipinski definition) is 5. The second kappa shape index (κ2) is 3.89. The Morgan fingerprint density at radius 2 is 2.29 bits per heavy atom. The smallest absolute Gasteiger partial charge is 0.143 e. The first kappa shape index (κ1) is 10.9. The molecule has 0 aliphatic rings. The second-order valence-electron chi connectivity index (χ2n) is 2.74. The van der Waals surface area contributed by atoms with Crippen LogP contribution in [-0.2, 0) is 6.61 Å². The van der Waals surface area contributed by atoms with Crippen LogP contribution >= 0.6 is 11.3 Å². The highest BCUT2D eigenvalue weighted by Gasteiger charge is 2.09. The molecule has 14 heavy (non-hydrogen) atoms. The molecule has 76 valence electrons. The average Bonchev–Trinajstić information content (AvgIpc) is 2.45. The quantitative estimate of drug-likeness (QED) is 0.753. The first-order valence-electron chi connectivity index (χ1n) is 3.83. The third kappa shape index (κ3) is 1.56. The van der Waals surface area contributed by atoms with Gasteiger partial charge in [-0.15, -0.1) is 0 Å². The Hall–Kier alpha value is -1.20. The van der Waals surface area contributed by atoms with Crippen LogP contribution < -0.4 is 5.73 Å². The largest absolute Gasteiger partial charge is 0.397 e. The summed E-state index contributed by atoms with van der Waals surface area (Å²) in [6.45, 7) is 1.82. The molecule has 0 amide bonds. The molecule has 0 spiro atoms. The van der Waals surface area contributed by atoms with E-state index < -0.39 is 0 Å². The molecule has 0 fully saturated rings. The van der Waals surface area contributed by atoms with Crippen molar-refractivity contribution in [2.75, 3.05) is 5.73 Å². The molecule has 5 heteroatoms. The minimum Gasteiger partial charge on any atom is -0.397 e. The highest BCUT2D eigenvalue weighted by atomic mass is 32.1. The first-order valence-corrected chi connectivity index (χ1v) is 4.65. The number of fused-ring (bicyclic) bond motifs is 1. The van der Waals surface area contributed by atoms with Crippen molar-refractivity contribution in [3.05, 3.63) is 16.8 Å². The van der Waals surface area contributed by atoms with Gasteiger partial charge in [0.15, 0.2) is 0 Å². The summed E-state index contributed by atoms with van der Waals surface area (Å²) in [5.41, 5.74) is 7.55. The number of rotatable bonds is 1.